The first kappa shape index (κ1) is 10.3. The summed E-state index contributed by atoms with van der Waals surface area (Å²) in [6, 6.07) is 8.53. The van der Waals surface area contributed by atoms with E-state index in [-0.39, 0.29) is 6.61 Å². The van der Waals surface area contributed by atoms with Crippen molar-refractivity contribution in [2.75, 3.05) is 20.1 Å². The Morgan fingerprint density at radius 2 is 2.38 bits per heavy atom. The minimum Gasteiger partial charge on any atom is -0.392 e. The smallest absolute Gasteiger partial charge is 0.0681 e. The summed E-state index contributed by atoms with van der Waals surface area (Å²) in [5.74, 6) is 0.847. The summed E-state index contributed by atoms with van der Waals surface area (Å²) < 4.78 is 0. The average Bonchev–Trinajstić information content (AvgIpc) is 3.04. The molecule has 1 N–H and O–H groups in total. The first-order valence-electron chi connectivity index (χ1n) is 6.13. The van der Waals surface area contributed by atoms with E-state index in [1.807, 2.05) is 6.07 Å². The molecule has 0 amide bonds. The van der Waals surface area contributed by atoms with Gasteiger partial charge in [-0.05, 0) is 43.5 Å². The lowest BCUT2D eigenvalue weighted by atomic mass is 9.86. The van der Waals surface area contributed by atoms with Crippen molar-refractivity contribution in [3.05, 3.63) is 35.4 Å². The number of fused-ring (bicyclic) bond motifs is 1. The van der Waals surface area contributed by atoms with Gasteiger partial charge in [0.05, 0.1) is 6.61 Å². The van der Waals surface area contributed by atoms with Crippen LogP contribution in [0.4, 0.5) is 0 Å². The predicted molar refractivity (Wildman–Crippen MR) is 64.3 cm³/mol. The van der Waals surface area contributed by atoms with Gasteiger partial charge in [0.15, 0.2) is 0 Å². The molecule has 0 aromatic heterocycles. The fourth-order valence-corrected chi connectivity index (χ4v) is 3.26. The molecule has 0 bridgehead atoms. The molecule has 2 nitrogen and oxygen atoms in total. The second-order valence-corrected chi connectivity index (χ2v) is 5.43. The van der Waals surface area contributed by atoms with Crippen LogP contribution in [0.2, 0.25) is 0 Å². The van der Waals surface area contributed by atoms with Crippen LogP contribution in [0.3, 0.4) is 0 Å². The molecule has 1 saturated heterocycles. The van der Waals surface area contributed by atoms with Gasteiger partial charge in [-0.3, -0.25) is 0 Å². The second-order valence-electron chi connectivity index (χ2n) is 5.43. The van der Waals surface area contributed by atoms with Gasteiger partial charge in [0.2, 0.25) is 0 Å². The van der Waals surface area contributed by atoms with Crippen molar-refractivity contribution >= 4 is 0 Å². The minimum atomic E-state index is 0.161. The van der Waals surface area contributed by atoms with E-state index in [1.165, 1.54) is 31.5 Å². The van der Waals surface area contributed by atoms with Crippen LogP contribution in [0, 0.1) is 5.92 Å². The van der Waals surface area contributed by atoms with E-state index in [9.17, 15) is 5.11 Å². The average molecular weight is 217 g/mol. The minimum absolute atomic E-state index is 0.161. The third-order valence-electron chi connectivity index (χ3n) is 4.39. The fraction of sp³-hybridized carbons (Fsp3) is 0.571. The maximum Gasteiger partial charge on any atom is 0.0681 e. The predicted octanol–water partition coefficient (Wildman–Crippen LogP) is 1.77. The summed E-state index contributed by atoms with van der Waals surface area (Å²) in [6.07, 6.45) is 2.62. The molecule has 1 aliphatic carbocycles. The lowest BCUT2D eigenvalue weighted by Crippen LogP contribution is -2.33. The zero-order valence-electron chi connectivity index (χ0n) is 9.82. The molecule has 2 heteroatoms. The molecule has 1 heterocycles. The van der Waals surface area contributed by atoms with Gasteiger partial charge < -0.3 is 10.0 Å². The Morgan fingerprint density at radius 1 is 1.50 bits per heavy atom. The number of benzene rings is 1. The molecule has 0 spiro atoms. The van der Waals surface area contributed by atoms with Crippen molar-refractivity contribution < 1.29 is 5.11 Å². The first-order valence-corrected chi connectivity index (χ1v) is 6.13. The van der Waals surface area contributed by atoms with E-state index in [0.29, 0.717) is 5.41 Å². The third-order valence-corrected chi connectivity index (χ3v) is 4.39. The Bertz CT molecular complexity index is 403. The molecule has 16 heavy (non-hydrogen) atoms. The molecule has 86 valence electrons. The van der Waals surface area contributed by atoms with Crippen LogP contribution in [0.1, 0.15) is 24.0 Å². The summed E-state index contributed by atoms with van der Waals surface area (Å²) >= 11 is 0. The van der Waals surface area contributed by atoms with Gasteiger partial charge in [-0.2, -0.15) is 0 Å². The van der Waals surface area contributed by atoms with Gasteiger partial charge in [0.1, 0.15) is 0 Å². The van der Waals surface area contributed by atoms with Gasteiger partial charge in [-0.15, -0.1) is 0 Å². The summed E-state index contributed by atoms with van der Waals surface area (Å²) in [5.41, 5.74) is 2.96. The number of hydrogen-bond donors (Lipinski definition) is 1. The van der Waals surface area contributed by atoms with Crippen LogP contribution in [0.15, 0.2) is 24.3 Å². The van der Waals surface area contributed by atoms with Crippen molar-refractivity contribution in [2.45, 2.75) is 24.9 Å². The van der Waals surface area contributed by atoms with Crippen LogP contribution < -0.4 is 0 Å². The molecular formula is C14H19NO. The zero-order valence-corrected chi connectivity index (χ0v) is 9.82. The van der Waals surface area contributed by atoms with Crippen molar-refractivity contribution in [1.82, 2.24) is 4.90 Å². The van der Waals surface area contributed by atoms with Gasteiger partial charge in [-0.1, -0.05) is 24.3 Å². The Hall–Kier alpha value is -0.860. The summed E-state index contributed by atoms with van der Waals surface area (Å²) in [5, 5.41) is 9.19. The van der Waals surface area contributed by atoms with E-state index in [4.69, 9.17) is 0 Å². The number of likely N-dealkylation sites (tertiary alicyclic amines) is 1. The number of piperidine rings is 1. The largest absolute Gasteiger partial charge is 0.392 e. The SMILES string of the molecule is CN1CCC2(c3cccc(CO)c3)CC2C1. The fourth-order valence-electron chi connectivity index (χ4n) is 3.26. The van der Waals surface area contributed by atoms with Crippen LogP contribution in [-0.4, -0.2) is 30.1 Å². The van der Waals surface area contributed by atoms with Gasteiger partial charge >= 0.3 is 0 Å². The van der Waals surface area contributed by atoms with Crippen LogP contribution in [-0.2, 0) is 12.0 Å². The normalized spacial score (nSPS) is 33.5. The lowest BCUT2D eigenvalue weighted by Gasteiger charge is -2.29. The zero-order chi connectivity index (χ0) is 11.2. The van der Waals surface area contributed by atoms with Gasteiger partial charge in [-0.25, -0.2) is 0 Å². The molecule has 2 fully saturated rings. The highest BCUT2D eigenvalue weighted by molar-refractivity contribution is 5.37. The van der Waals surface area contributed by atoms with Crippen LogP contribution in [0.25, 0.3) is 0 Å². The number of rotatable bonds is 2. The molecule has 2 aliphatic rings. The molecule has 1 aromatic rings. The number of aliphatic hydroxyl groups is 1. The van der Waals surface area contributed by atoms with Gasteiger partial charge in [0, 0.05) is 12.0 Å². The first-order chi connectivity index (χ1) is 7.74. The Balaban J connectivity index is 1.88. The Kier molecular flexibility index (Phi) is 2.30. The maximum atomic E-state index is 9.19. The molecule has 1 aliphatic heterocycles. The molecule has 3 rings (SSSR count). The highest BCUT2D eigenvalue weighted by atomic mass is 16.3. The monoisotopic (exact) mass is 217 g/mol. The van der Waals surface area contributed by atoms with Crippen molar-refractivity contribution in [3.63, 3.8) is 0 Å². The van der Waals surface area contributed by atoms with Crippen LogP contribution in [0.5, 0.6) is 0 Å². The highest BCUT2D eigenvalue weighted by Gasteiger charge is 2.56. The summed E-state index contributed by atoms with van der Waals surface area (Å²) in [7, 11) is 2.21. The van der Waals surface area contributed by atoms with E-state index < -0.39 is 0 Å². The molecule has 0 radical (unpaired) electrons. The van der Waals surface area contributed by atoms with E-state index in [1.54, 1.807) is 0 Å². The van der Waals surface area contributed by atoms with E-state index in [2.05, 4.69) is 30.1 Å². The second kappa shape index (κ2) is 3.57. The number of aliphatic hydroxyl groups excluding tert-OH is 1. The maximum absolute atomic E-state index is 9.19. The Morgan fingerprint density at radius 3 is 3.12 bits per heavy atom. The van der Waals surface area contributed by atoms with Crippen molar-refractivity contribution in [2.24, 2.45) is 5.92 Å². The molecule has 2 atom stereocenters. The third kappa shape index (κ3) is 1.48. The quantitative estimate of drug-likeness (QED) is 0.816. The van der Waals surface area contributed by atoms with Crippen LogP contribution >= 0.6 is 0 Å². The summed E-state index contributed by atoms with van der Waals surface area (Å²) in [6.45, 7) is 2.61. The number of hydrogen-bond acceptors (Lipinski definition) is 2. The molecule has 1 aromatic carbocycles. The molecule has 1 saturated carbocycles. The highest BCUT2D eigenvalue weighted by Crippen LogP contribution is 2.58. The lowest BCUT2D eigenvalue weighted by molar-refractivity contribution is 0.248. The molecule has 2 unspecified atom stereocenters. The van der Waals surface area contributed by atoms with Crippen molar-refractivity contribution in [3.8, 4) is 0 Å². The summed E-state index contributed by atoms with van der Waals surface area (Å²) in [4.78, 5) is 2.44. The molecular weight excluding hydrogens is 198 g/mol. The van der Waals surface area contributed by atoms with E-state index in [0.717, 1.165) is 11.5 Å². The Labute approximate surface area is 96.9 Å². The number of nitrogens with zero attached hydrogens (tertiary/aromatic N) is 1. The topological polar surface area (TPSA) is 23.5 Å². The van der Waals surface area contributed by atoms with Crippen molar-refractivity contribution in [1.29, 1.82) is 0 Å². The van der Waals surface area contributed by atoms with E-state index >= 15 is 0 Å². The van der Waals surface area contributed by atoms with Gasteiger partial charge in [0.25, 0.3) is 0 Å². The standard InChI is InChI=1S/C14H19NO/c1-15-6-5-14(8-13(14)9-15)12-4-2-3-11(7-12)10-16/h2-4,7,13,16H,5-6,8-10H2,1H3.